The Morgan fingerprint density at radius 3 is 1.14 bits per heavy atom. The Labute approximate surface area is 97.5 Å². The predicted molar refractivity (Wildman–Crippen MR) is 21.9 cm³/mol. The Morgan fingerprint density at radius 1 is 1.14 bits per heavy atom. The Bertz CT molecular complexity index is 35.9. The molecule has 7 heavy (non-hydrogen) atoms. The van der Waals surface area contributed by atoms with E-state index in [1.165, 1.54) is 0 Å². The summed E-state index contributed by atoms with van der Waals surface area (Å²) in [5, 5.41) is 14.8. The molecule has 40 valence electrons. The monoisotopic (exact) mass is 605 g/mol. The van der Waals surface area contributed by atoms with Gasteiger partial charge in [0.15, 0.2) is 0 Å². The van der Waals surface area contributed by atoms with Gasteiger partial charge < -0.3 is 39.3 Å². The molecular weight excluding hydrogens is 603 g/mol. The summed E-state index contributed by atoms with van der Waals surface area (Å²) in [6, 6.07) is 0. The van der Waals surface area contributed by atoms with Crippen LogP contribution in [0.25, 0.3) is 0 Å². The molecular formula is INO3Pb2-2. The van der Waals surface area contributed by atoms with Crippen molar-refractivity contribution in [3.63, 3.8) is 0 Å². The Hall–Kier alpha value is 1.77. The van der Waals surface area contributed by atoms with Crippen molar-refractivity contribution in [1.29, 1.82) is 0 Å². The molecule has 0 aliphatic rings. The van der Waals surface area contributed by atoms with Crippen molar-refractivity contribution in [1.82, 2.24) is 0 Å². The second-order valence-corrected chi connectivity index (χ2v) is 0.224. The van der Waals surface area contributed by atoms with Gasteiger partial charge in [0, 0.05) is 54.6 Å². The minimum absolute atomic E-state index is 0. The summed E-state index contributed by atoms with van der Waals surface area (Å²) in [5.41, 5.74) is 0. The summed E-state index contributed by atoms with van der Waals surface area (Å²) in [4.78, 5) is 8.25. The van der Waals surface area contributed by atoms with Gasteiger partial charge in [-0.2, -0.15) is 0 Å². The van der Waals surface area contributed by atoms with Crippen LogP contribution in [-0.2, 0) is 0 Å². The maximum Gasteiger partial charge on any atom is 0.0689 e. The summed E-state index contributed by atoms with van der Waals surface area (Å²) >= 11 is 0. The van der Waals surface area contributed by atoms with E-state index in [0.717, 1.165) is 0 Å². The van der Waals surface area contributed by atoms with Crippen LogP contribution in [0.3, 0.4) is 0 Å². The summed E-state index contributed by atoms with van der Waals surface area (Å²) < 4.78 is 0. The third kappa shape index (κ3) is 82.3. The van der Waals surface area contributed by atoms with E-state index < -0.39 is 5.09 Å². The van der Waals surface area contributed by atoms with Gasteiger partial charge in [0.05, 0.1) is 5.09 Å². The van der Waals surface area contributed by atoms with Gasteiger partial charge in [-0.1, -0.05) is 0 Å². The average molecular weight is 603 g/mol. The molecule has 0 aliphatic carbocycles. The normalized spacial score (nSPS) is 3.43. The number of nitrogens with zero attached hydrogens (tertiary/aromatic N) is 1. The van der Waals surface area contributed by atoms with Crippen LogP contribution in [0.15, 0.2) is 0 Å². The molecule has 0 heterocycles. The zero-order valence-electron chi connectivity index (χ0n) is 3.05. The molecule has 0 atom stereocenters. The average Bonchev–Trinajstić information content (AvgIpc) is 0.811. The van der Waals surface area contributed by atoms with Crippen LogP contribution in [0.5, 0.6) is 0 Å². The minimum Gasteiger partial charge on any atom is -1.00 e. The maximum atomic E-state index is 8.25. The SMILES string of the molecule is O=[N+]([O-])[O-].[I-].[Pb].[Pb]. The van der Waals surface area contributed by atoms with E-state index in [-0.39, 0.29) is 78.6 Å². The standard InChI is InChI=1S/HI.NO3.2Pb/c;2-1(3)4;;/h1H;;;/q;-1;;/p-1. The fourth-order valence-electron chi connectivity index (χ4n) is 0. The Kier molecular flexibility index (Phi) is 52.0. The van der Waals surface area contributed by atoms with Gasteiger partial charge in [-0.05, 0) is 0 Å². The zero-order chi connectivity index (χ0) is 3.58. The fraction of sp³-hybridized carbons (Fsp3) is 0. The second kappa shape index (κ2) is 15.7. The number of halogens is 1. The van der Waals surface area contributed by atoms with Crippen molar-refractivity contribution in [2.45, 2.75) is 0 Å². The third-order valence-corrected chi connectivity index (χ3v) is 0. The van der Waals surface area contributed by atoms with E-state index in [9.17, 15) is 0 Å². The molecule has 0 amide bonds. The van der Waals surface area contributed by atoms with Gasteiger partial charge in [-0.25, -0.2) is 0 Å². The van der Waals surface area contributed by atoms with Crippen molar-refractivity contribution < 1.29 is 29.1 Å². The van der Waals surface area contributed by atoms with Gasteiger partial charge >= 0.3 is 0 Å². The molecule has 0 fully saturated rings. The Balaban J connectivity index is -0.0000000150. The minimum atomic E-state index is -1.75. The molecule has 4 nitrogen and oxygen atoms in total. The van der Waals surface area contributed by atoms with E-state index in [1.807, 2.05) is 0 Å². The van der Waals surface area contributed by atoms with Gasteiger partial charge in [-0.15, -0.1) is 0 Å². The third-order valence-electron chi connectivity index (χ3n) is 0. The largest absolute Gasteiger partial charge is 1.00 e. The molecule has 0 saturated heterocycles. The molecule has 0 N–H and O–H groups in total. The van der Waals surface area contributed by atoms with Gasteiger partial charge in [-0.3, -0.25) is 0 Å². The summed E-state index contributed by atoms with van der Waals surface area (Å²) in [6.45, 7) is 0. The molecule has 8 radical (unpaired) electrons. The molecule has 0 aromatic rings. The molecule has 0 spiro atoms. The van der Waals surface area contributed by atoms with Crippen LogP contribution >= 0.6 is 0 Å². The number of hydrogen-bond acceptors (Lipinski definition) is 3. The van der Waals surface area contributed by atoms with Crippen LogP contribution in [0.1, 0.15) is 0 Å². The molecule has 0 saturated carbocycles. The first-order valence-electron chi connectivity index (χ1n) is 0.548. The van der Waals surface area contributed by atoms with Crippen LogP contribution in [-0.4, -0.2) is 59.7 Å². The van der Waals surface area contributed by atoms with Crippen molar-refractivity contribution in [3.8, 4) is 0 Å². The molecule has 0 aromatic heterocycles. The molecule has 0 bridgehead atoms. The molecule has 0 aliphatic heterocycles. The first-order valence-corrected chi connectivity index (χ1v) is 0.548. The first kappa shape index (κ1) is 23.3. The molecule has 0 rings (SSSR count). The van der Waals surface area contributed by atoms with Gasteiger partial charge in [0.1, 0.15) is 0 Å². The van der Waals surface area contributed by atoms with Crippen molar-refractivity contribution in [2.24, 2.45) is 0 Å². The zero-order valence-corrected chi connectivity index (χ0v) is 13.0. The maximum absolute atomic E-state index is 8.25. The van der Waals surface area contributed by atoms with Crippen molar-refractivity contribution in [3.05, 3.63) is 15.3 Å². The van der Waals surface area contributed by atoms with Crippen LogP contribution in [0.2, 0.25) is 0 Å². The van der Waals surface area contributed by atoms with E-state index >= 15 is 0 Å². The van der Waals surface area contributed by atoms with Crippen molar-refractivity contribution >= 4 is 54.6 Å². The number of rotatable bonds is 0. The Morgan fingerprint density at radius 2 is 1.14 bits per heavy atom. The fourth-order valence-corrected chi connectivity index (χ4v) is 0. The van der Waals surface area contributed by atoms with Crippen molar-refractivity contribution in [2.75, 3.05) is 0 Å². The summed E-state index contributed by atoms with van der Waals surface area (Å²) in [6.07, 6.45) is 0. The van der Waals surface area contributed by atoms with E-state index in [2.05, 4.69) is 0 Å². The summed E-state index contributed by atoms with van der Waals surface area (Å²) in [7, 11) is 0. The van der Waals surface area contributed by atoms with Crippen LogP contribution in [0, 0.1) is 15.3 Å². The molecule has 0 unspecified atom stereocenters. The number of hydrogen-bond donors (Lipinski definition) is 0. The van der Waals surface area contributed by atoms with Gasteiger partial charge in [0.25, 0.3) is 0 Å². The molecule has 7 heteroatoms. The van der Waals surface area contributed by atoms with E-state index in [4.69, 9.17) is 15.3 Å². The summed E-state index contributed by atoms with van der Waals surface area (Å²) in [5.74, 6) is 0. The van der Waals surface area contributed by atoms with E-state index in [0.29, 0.717) is 0 Å². The molecule has 0 aromatic carbocycles. The quantitative estimate of drug-likeness (QED) is 0.123. The topological polar surface area (TPSA) is 66.2 Å². The van der Waals surface area contributed by atoms with E-state index in [1.54, 1.807) is 0 Å². The first-order chi connectivity index (χ1) is 1.73. The predicted octanol–water partition coefficient (Wildman–Crippen LogP) is -4.00. The second-order valence-electron chi connectivity index (χ2n) is 0.224. The van der Waals surface area contributed by atoms with Crippen LogP contribution in [0.4, 0.5) is 0 Å². The van der Waals surface area contributed by atoms with Gasteiger partial charge in [0.2, 0.25) is 0 Å². The smallest absolute Gasteiger partial charge is 0.0689 e. The van der Waals surface area contributed by atoms with Crippen LogP contribution < -0.4 is 24.0 Å².